The van der Waals surface area contributed by atoms with E-state index in [1.807, 2.05) is 36.5 Å². The quantitative estimate of drug-likeness (QED) is 0.687. The van der Waals surface area contributed by atoms with Crippen molar-refractivity contribution in [2.45, 2.75) is 0 Å². The minimum Gasteiger partial charge on any atom is -0.351 e. The lowest BCUT2D eigenvalue weighted by atomic mass is 10.0. The van der Waals surface area contributed by atoms with Gasteiger partial charge >= 0.3 is 6.03 Å². The second kappa shape index (κ2) is 5.46. The van der Waals surface area contributed by atoms with Crippen molar-refractivity contribution in [3.63, 3.8) is 0 Å². The van der Waals surface area contributed by atoms with Crippen LogP contribution in [0.4, 0.5) is 10.5 Å². The molecule has 0 radical (unpaired) electrons. The molecule has 2 amide bonds. The van der Waals surface area contributed by atoms with Crippen LogP contribution in [0.15, 0.2) is 55.0 Å². The molecule has 0 aliphatic rings. The number of nitrogens with two attached hydrogens (primary N) is 1. The molecule has 0 bridgehead atoms. The average Bonchev–Trinajstić information content (AvgIpc) is 2.97. The number of hydrogen-bond donors (Lipinski definition) is 3. The number of aromatic nitrogens is 3. The molecule has 0 unspecified atom stereocenters. The lowest BCUT2D eigenvalue weighted by molar-refractivity contribution is 0.259. The number of pyridine rings is 1. The highest BCUT2D eigenvalue weighted by atomic mass is 16.2. The number of rotatable bonds is 3. The van der Waals surface area contributed by atoms with Crippen molar-refractivity contribution in [2.24, 2.45) is 5.73 Å². The molecule has 6 heteroatoms. The van der Waals surface area contributed by atoms with Gasteiger partial charge < -0.3 is 11.1 Å². The Hall–Kier alpha value is -3.15. The SMILES string of the molecule is NC(=O)Nc1cccc(-c2n[nH]cc2-c2ccncc2)c1. The van der Waals surface area contributed by atoms with Gasteiger partial charge in [-0.1, -0.05) is 12.1 Å². The summed E-state index contributed by atoms with van der Waals surface area (Å²) in [5.41, 5.74) is 9.43. The van der Waals surface area contributed by atoms with E-state index in [2.05, 4.69) is 20.5 Å². The van der Waals surface area contributed by atoms with Crippen molar-refractivity contribution in [2.75, 3.05) is 5.32 Å². The van der Waals surface area contributed by atoms with Gasteiger partial charge in [-0.05, 0) is 29.8 Å². The van der Waals surface area contributed by atoms with E-state index in [1.165, 1.54) is 0 Å². The summed E-state index contributed by atoms with van der Waals surface area (Å²) in [7, 11) is 0. The van der Waals surface area contributed by atoms with Gasteiger partial charge in [-0.15, -0.1) is 0 Å². The van der Waals surface area contributed by atoms with Crippen molar-refractivity contribution in [3.8, 4) is 22.4 Å². The van der Waals surface area contributed by atoms with E-state index in [1.54, 1.807) is 18.5 Å². The van der Waals surface area contributed by atoms with Gasteiger partial charge in [0.1, 0.15) is 0 Å². The van der Waals surface area contributed by atoms with Crippen LogP contribution in [0, 0.1) is 0 Å². The van der Waals surface area contributed by atoms with E-state index in [4.69, 9.17) is 5.73 Å². The Morgan fingerprint density at radius 2 is 1.95 bits per heavy atom. The Morgan fingerprint density at radius 1 is 1.14 bits per heavy atom. The van der Waals surface area contributed by atoms with E-state index in [0.29, 0.717) is 5.69 Å². The molecule has 0 fully saturated rings. The summed E-state index contributed by atoms with van der Waals surface area (Å²) >= 11 is 0. The van der Waals surface area contributed by atoms with Gasteiger partial charge in [0.25, 0.3) is 0 Å². The fourth-order valence-electron chi connectivity index (χ4n) is 2.15. The molecule has 6 nitrogen and oxygen atoms in total. The number of H-pyrrole nitrogens is 1. The highest BCUT2D eigenvalue weighted by molar-refractivity contribution is 5.89. The summed E-state index contributed by atoms with van der Waals surface area (Å²) in [4.78, 5) is 14.9. The molecular weight excluding hydrogens is 266 g/mol. The van der Waals surface area contributed by atoms with Crippen LogP contribution in [0.1, 0.15) is 0 Å². The average molecular weight is 279 g/mol. The highest BCUT2D eigenvalue weighted by Crippen LogP contribution is 2.30. The first kappa shape index (κ1) is 12.9. The molecule has 1 aromatic carbocycles. The van der Waals surface area contributed by atoms with Gasteiger partial charge in [0.05, 0.1) is 5.69 Å². The number of hydrogen-bond acceptors (Lipinski definition) is 3. The lowest BCUT2D eigenvalue weighted by Gasteiger charge is -2.06. The molecule has 0 saturated carbocycles. The van der Waals surface area contributed by atoms with Gasteiger partial charge in [-0.2, -0.15) is 5.10 Å². The highest BCUT2D eigenvalue weighted by Gasteiger charge is 2.11. The number of anilines is 1. The van der Waals surface area contributed by atoms with Crippen LogP contribution in [-0.4, -0.2) is 21.2 Å². The van der Waals surface area contributed by atoms with Crippen LogP contribution in [0.2, 0.25) is 0 Å². The molecule has 2 aromatic heterocycles. The molecule has 3 rings (SSSR count). The van der Waals surface area contributed by atoms with Crippen molar-refractivity contribution in [1.29, 1.82) is 0 Å². The maximum atomic E-state index is 10.9. The molecule has 0 atom stereocenters. The Kier molecular flexibility index (Phi) is 3.34. The smallest absolute Gasteiger partial charge is 0.316 e. The number of aromatic amines is 1. The molecule has 0 saturated heterocycles. The number of carbonyl (C=O) groups excluding carboxylic acids is 1. The predicted octanol–water partition coefficient (Wildman–Crippen LogP) is 2.63. The van der Waals surface area contributed by atoms with E-state index < -0.39 is 6.03 Å². The number of nitrogens with one attached hydrogen (secondary N) is 2. The monoisotopic (exact) mass is 279 g/mol. The number of urea groups is 1. The minimum absolute atomic E-state index is 0.594. The van der Waals surface area contributed by atoms with Crippen LogP contribution in [0.3, 0.4) is 0 Å². The summed E-state index contributed by atoms with van der Waals surface area (Å²) in [6.07, 6.45) is 5.30. The Bertz CT molecular complexity index is 766. The first-order valence-electron chi connectivity index (χ1n) is 6.35. The summed E-state index contributed by atoms with van der Waals surface area (Å²) in [5.74, 6) is 0. The Balaban J connectivity index is 2.02. The third kappa shape index (κ3) is 2.74. The van der Waals surface area contributed by atoms with Crippen LogP contribution in [0.25, 0.3) is 22.4 Å². The van der Waals surface area contributed by atoms with Crippen molar-refractivity contribution in [1.82, 2.24) is 15.2 Å². The fraction of sp³-hybridized carbons (Fsp3) is 0. The summed E-state index contributed by atoms with van der Waals surface area (Å²) in [6, 6.07) is 10.6. The molecule has 2 heterocycles. The largest absolute Gasteiger partial charge is 0.351 e. The number of carbonyl (C=O) groups is 1. The van der Waals surface area contributed by atoms with Crippen LogP contribution in [-0.2, 0) is 0 Å². The van der Waals surface area contributed by atoms with Crippen molar-refractivity contribution < 1.29 is 4.79 Å². The summed E-state index contributed by atoms with van der Waals surface area (Å²) in [6.45, 7) is 0. The second-order valence-electron chi connectivity index (χ2n) is 4.45. The Morgan fingerprint density at radius 3 is 2.71 bits per heavy atom. The Labute approximate surface area is 121 Å². The molecular formula is C15H13N5O. The number of amides is 2. The lowest BCUT2D eigenvalue weighted by Crippen LogP contribution is -2.19. The predicted molar refractivity (Wildman–Crippen MR) is 80.5 cm³/mol. The van der Waals surface area contributed by atoms with E-state index >= 15 is 0 Å². The molecule has 0 spiro atoms. The van der Waals surface area contributed by atoms with Gasteiger partial charge in [-0.25, -0.2) is 4.79 Å². The molecule has 3 aromatic rings. The molecule has 104 valence electrons. The van der Waals surface area contributed by atoms with Gasteiger partial charge in [-0.3, -0.25) is 10.1 Å². The maximum absolute atomic E-state index is 10.9. The van der Waals surface area contributed by atoms with Crippen molar-refractivity contribution >= 4 is 11.7 Å². The van der Waals surface area contributed by atoms with Gasteiger partial charge in [0, 0.05) is 35.4 Å². The zero-order valence-corrected chi connectivity index (χ0v) is 11.1. The summed E-state index contributed by atoms with van der Waals surface area (Å²) < 4.78 is 0. The van der Waals surface area contributed by atoms with Gasteiger partial charge in [0.2, 0.25) is 0 Å². The second-order valence-corrected chi connectivity index (χ2v) is 4.45. The molecule has 4 N–H and O–H groups in total. The van der Waals surface area contributed by atoms with E-state index in [9.17, 15) is 4.79 Å². The van der Waals surface area contributed by atoms with Crippen LogP contribution < -0.4 is 11.1 Å². The standard InChI is InChI=1S/C15H13N5O/c16-15(21)19-12-3-1-2-11(8-12)14-13(9-18-20-14)10-4-6-17-7-5-10/h1-9H,(H,18,20)(H3,16,19,21). The number of nitrogens with zero attached hydrogens (tertiary/aromatic N) is 2. The molecule has 0 aliphatic heterocycles. The minimum atomic E-state index is -0.594. The zero-order chi connectivity index (χ0) is 14.7. The molecule has 21 heavy (non-hydrogen) atoms. The van der Waals surface area contributed by atoms with E-state index in [0.717, 1.165) is 22.4 Å². The van der Waals surface area contributed by atoms with Crippen LogP contribution >= 0.6 is 0 Å². The van der Waals surface area contributed by atoms with Gasteiger partial charge in [0.15, 0.2) is 0 Å². The topological polar surface area (TPSA) is 96.7 Å². The molecule has 0 aliphatic carbocycles. The summed E-state index contributed by atoms with van der Waals surface area (Å²) in [5, 5.41) is 9.72. The zero-order valence-electron chi connectivity index (χ0n) is 11.1. The first-order valence-corrected chi connectivity index (χ1v) is 6.35. The number of benzene rings is 1. The first-order chi connectivity index (χ1) is 10.2. The van der Waals surface area contributed by atoms with Crippen LogP contribution in [0.5, 0.6) is 0 Å². The van der Waals surface area contributed by atoms with Crippen molar-refractivity contribution in [3.05, 3.63) is 55.0 Å². The maximum Gasteiger partial charge on any atom is 0.316 e. The fourth-order valence-corrected chi connectivity index (χ4v) is 2.15. The third-order valence-electron chi connectivity index (χ3n) is 3.04. The third-order valence-corrected chi connectivity index (χ3v) is 3.04. The normalized spacial score (nSPS) is 10.3. The van der Waals surface area contributed by atoms with E-state index in [-0.39, 0.29) is 0 Å². The number of primary amides is 1.